The SMILES string of the molecule is O=C1c2c3c(c4c(c2C(=O)c2c5c(c6c(c21)CCCC6)CCCC5)CCCC4)CCCC3. The molecule has 5 aliphatic carbocycles. The summed E-state index contributed by atoms with van der Waals surface area (Å²) < 4.78 is 0. The standard InChI is InChI=1S/C30H32O2/c31-29-25-21-13-5-1-9-17(21)18-10-2-6-14-22(18)26(25)30(32)28-24-16-8-4-12-20(24)19-11-3-7-15-23(19)27(28)29/h1-16H2. The summed E-state index contributed by atoms with van der Waals surface area (Å²) in [5.41, 5.74) is 14.3. The first-order valence-corrected chi connectivity index (χ1v) is 13.2. The highest BCUT2D eigenvalue weighted by atomic mass is 16.1. The summed E-state index contributed by atoms with van der Waals surface area (Å²) in [4.78, 5) is 28.8. The van der Waals surface area contributed by atoms with E-state index >= 15 is 0 Å². The summed E-state index contributed by atoms with van der Waals surface area (Å²) in [5, 5.41) is 0. The molecule has 0 bridgehead atoms. The summed E-state index contributed by atoms with van der Waals surface area (Å²) >= 11 is 0. The molecule has 0 N–H and O–H groups in total. The zero-order valence-corrected chi connectivity index (χ0v) is 19.1. The van der Waals surface area contributed by atoms with Gasteiger partial charge in [0.2, 0.25) is 0 Å². The van der Waals surface area contributed by atoms with Crippen LogP contribution in [0.4, 0.5) is 0 Å². The van der Waals surface area contributed by atoms with Gasteiger partial charge in [0.15, 0.2) is 11.6 Å². The van der Waals surface area contributed by atoms with Gasteiger partial charge in [-0.1, -0.05) is 0 Å². The average Bonchev–Trinajstić information content (AvgIpc) is 2.86. The molecule has 0 saturated heterocycles. The fourth-order valence-corrected chi connectivity index (χ4v) is 7.91. The summed E-state index contributed by atoms with van der Waals surface area (Å²) in [6, 6.07) is 0. The van der Waals surface area contributed by atoms with Crippen LogP contribution in [-0.2, 0) is 51.4 Å². The highest BCUT2D eigenvalue weighted by Gasteiger charge is 2.42. The normalized spacial score (nSPS) is 21.1. The van der Waals surface area contributed by atoms with Crippen molar-refractivity contribution >= 4 is 11.6 Å². The fraction of sp³-hybridized carbons (Fsp3) is 0.533. The van der Waals surface area contributed by atoms with E-state index in [1.165, 1.54) is 70.2 Å². The molecule has 2 aromatic carbocycles. The van der Waals surface area contributed by atoms with E-state index in [4.69, 9.17) is 0 Å². The number of ketones is 2. The Balaban J connectivity index is 1.58. The van der Waals surface area contributed by atoms with E-state index in [1.54, 1.807) is 0 Å². The molecule has 0 aliphatic heterocycles. The molecule has 32 heavy (non-hydrogen) atoms. The van der Waals surface area contributed by atoms with Crippen LogP contribution >= 0.6 is 0 Å². The van der Waals surface area contributed by atoms with Crippen LogP contribution in [0, 0.1) is 0 Å². The Morgan fingerprint density at radius 1 is 0.281 bits per heavy atom. The Morgan fingerprint density at radius 2 is 0.469 bits per heavy atom. The Kier molecular flexibility index (Phi) is 4.30. The molecule has 164 valence electrons. The van der Waals surface area contributed by atoms with Crippen molar-refractivity contribution in [2.75, 3.05) is 0 Å². The van der Waals surface area contributed by atoms with Crippen molar-refractivity contribution in [1.82, 2.24) is 0 Å². The van der Waals surface area contributed by atoms with Crippen LogP contribution in [0.25, 0.3) is 0 Å². The second-order valence-electron chi connectivity index (χ2n) is 10.8. The maximum Gasteiger partial charge on any atom is 0.195 e. The average molecular weight is 425 g/mol. The third kappa shape index (κ3) is 2.47. The van der Waals surface area contributed by atoms with Crippen LogP contribution in [0.2, 0.25) is 0 Å². The van der Waals surface area contributed by atoms with Gasteiger partial charge < -0.3 is 0 Å². The van der Waals surface area contributed by atoms with E-state index in [9.17, 15) is 9.59 Å². The quantitative estimate of drug-likeness (QED) is 0.445. The van der Waals surface area contributed by atoms with E-state index in [-0.39, 0.29) is 11.6 Å². The minimum atomic E-state index is 0.215. The lowest BCUT2D eigenvalue weighted by molar-refractivity contribution is 0.0974. The van der Waals surface area contributed by atoms with Gasteiger partial charge in [0.1, 0.15) is 0 Å². The first kappa shape index (κ1) is 19.3. The van der Waals surface area contributed by atoms with Crippen molar-refractivity contribution in [3.8, 4) is 0 Å². The van der Waals surface area contributed by atoms with Crippen LogP contribution in [-0.4, -0.2) is 11.6 Å². The van der Waals surface area contributed by atoms with Gasteiger partial charge >= 0.3 is 0 Å². The summed E-state index contributed by atoms with van der Waals surface area (Å²) in [7, 11) is 0. The monoisotopic (exact) mass is 424 g/mol. The molecule has 7 rings (SSSR count). The van der Waals surface area contributed by atoms with Crippen LogP contribution in [0.5, 0.6) is 0 Å². The van der Waals surface area contributed by atoms with Crippen molar-refractivity contribution in [1.29, 1.82) is 0 Å². The molecule has 0 atom stereocenters. The van der Waals surface area contributed by atoms with Crippen LogP contribution in [0.1, 0.15) is 128 Å². The molecule has 0 amide bonds. The van der Waals surface area contributed by atoms with E-state index in [0.717, 1.165) is 99.3 Å². The van der Waals surface area contributed by atoms with E-state index in [2.05, 4.69) is 0 Å². The highest BCUT2D eigenvalue weighted by Crippen LogP contribution is 2.46. The number of hydrogen-bond acceptors (Lipinski definition) is 2. The van der Waals surface area contributed by atoms with E-state index < -0.39 is 0 Å². The minimum Gasteiger partial charge on any atom is -0.289 e. The first-order valence-electron chi connectivity index (χ1n) is 13.2. The lowest BCUT2D eigenvalue weighted by Crippen LogP contribution is -2.33. The van der Waals surface area contributed by atoms with Gasteiger partial charge in [-0.05, 0) is 147 Å². The number of carbonyl (C=O) groups is 2. The topological polar surface area (TPSA) is 34.1 Å². The third-order valence-electron chi connectivity index (χ3n) is 9.22. The maximum absolute atomic E-state index is 14.4. The van der Waals surface area contributed by atoms with Gasteiger partial charge in [-0.3, -0.25) is 9.59 Å². The molecule has 0 fully saturated rings. The summed E-state index contributed by atoms with van der Waals surface area (Å²) in [5.74, 6) is 0.431. The fourth-order valence-electron chi connectivity index (χ4n) is 7.91. The van der Waals surface area contributed by atoms with Crippen LogP contribution in [0.15, 0.2) is 0 Å². The van der Waals surface area contributed by atoms with Crippen molar-refractivity contribution in [2.45, 2.75) is 103 Å². The first-order chi connectivity index (χ1) is 15.8. The molecule has 0 aromatic heterocycles. The summed E-state index contributed by atoms with van der Waals surface area (Å²) in [6.07, 6.45) is 17.8. The molecular formula is C30H32O2. The molecule has 0 radical (unpaired) electrons. The van der Waals surface area contributed by atoms with Crippen molar-refractivity contribution < 1.29 is 9.59 Å². The molecule has 0 saturated carbocycles. The molecular weight excluding hydrogens is 392 g/mol. The highest BCUT2D eigenvalue weighted by molar-refractivity contribution is 6.31. The molecule has 2 heteroatoms. The zero-order valence-electron chi connectivity index (χ0n) is 19.1. The van der Waals surface area contributed by atoms with Gasteiger partial charge in [-0.15, -0.1) is 0 Å². The van der Waals surface area contributed by atoms with Gasteiger partial charge in [0.05, 0.1) is 0 Å². The zero-order chi connectivity index (χ0) is 21.4. The number of benzene rings is 2. The second kappa shape index (κ2) is 7.14. The van der Waals surface area contributed by atoms with Crippen molar-refractivity contribution in [3.63, 3.8) is 0 Å². The molecule has 0 spiro atoms. The predicted octanol–water partition coefficient (Wildman–Crippen LogP) is 5.98. The number of carbonyl (C=O) groups excluding carboxylic acids is 2. The number of hydrogen-bond donors (Lipinski definition) is 0. The van der Waals surface area contributed by atoms with E-state index in [0.29, 0.717) is 0 Å². The van der Waals surface area contributed by atoms with E-state index in [1.807, 2.05) is 0 Å². The van der Waals surface area contributed by atoms with Gasteiger partial charge in [0.25, 0.3) is 0 Å². The summed E-state index contributed by atoms with van der Waals surface area (Å²) in [6.45, 7) is 0. The number of rotatable bonds is 0. The van der Waals surface area contributed by atoms with Crippen molar-refractivity contribution in [2.24, 2.45) is 0 Å². The Bertz CT molecular complexity index is 1030. The Labute approximate surface area is 190 Å². The molecule has 0 heterocycles. The molecule has 0 unspecified atom stereocenters. The van der Waals surface area contributed by atoms with Crippen LogP contribution in [0.3, 0.4) is 0 Å². The largest absolute Gasteiger partial charge is 0.289 e. The van der Waals surface area contributed by atoms with Crippen molar-refractivity contribution in [3.05, 3.63) is 66.8 Å². The van der Waals surface area contributed by atoms with Crippen LogP contribution < -0.4 is 0 Å². The van der Waals surface area contributed by atoms with Gasteiger partial charge in [0, 0.05) is 22.3 Å². The second-order valence-corrected chi connectivity index (χ2v) is 10.8. The Morgan fingerprint density at radius 3 is 0.688 bits per heavy atom. The van der Waals surface area contributed by atoms with Gasteiger partial charge in [-0.25, -0.2) is 0 Å². The maximum atomic E-state index is 14.4. The Hall–Kier alpha value is -2.22. The third-order valence-corrected chi connectivity index (χ3v) is 9.22. The lowest BCUT2D eigenvalue weighted by atomic mass is 9.66. The molecule has 5 aliphatic rings. The molecule has 2 nitrogen and oxygen atoms in total. The lowest BCUT2D eigenvalue weighted by Gasteiger charge is -2.36. The molecule has 2 aromatic rings. The minimum absolute atomic E-state index is 0.215. The van der Waals surface area contributed by atoms with Gasteiger partial charge in [-0.2, -0.15) is 0 Å². The number of fused-ring (bicyclic) bond motifs is 12. The smallest absolute Gasteiger partial charge is 0.195 e. The predicted molar refractivity (Wildman–Crippen MR) is 126 cm³/mol.